The van der Waals surface area contributed by atoms with Crippen LogP contribution in [0.2, 0.25) is 0 Å². The van der Waals surface area contributed by atoms with Crippen molar-refractivity contribution in [3.8, 4) is 11.4 Å². The smallest absolute Gasteiger partial charge is 0.339 e. The first-order valence-corrected chi connectivity index (χ1v) is 5.94. The number of carboxylic acid groups (broad SMARTS) is 1. The van der Waals surface area contributed by atoms with Gasteiger partial charge in [0, 0.05) is 18.9 Å². The van der Waals surface area contributed by atoms with Crippen molar-refractivity contribution in [3.63, 3.8) is 0 Å². The Bertz CT molecular complexity index is 534. The van der Waals surface area contributed by atoms with Gasteiger partial charge in [-0.15, -0.1) is 0 Å². The fourth-order valence-electron chi connectivity index (χ4n) is 1.70. The molecule has 0 aliphatic carbocycles. The average molecular weight is 245 g/mol. The van der Waals surface area contributed by atoms with Crippen LogP contribution in [0.1, 0.15) is 30.1 Å². The Morgan fingerprint density at radius 3 is 2.89 bits per heavy atom. The summed E-state index contributed by atoms with van der Waals surface area (Å²) < 4.78 is 1.68. The van der Waals surface area contributed by atoms with E-state index in [4.69, 9.17) is 0 Å². The first-order chi connectivity index (χ1) is 8.72. The fourth-order valence-corrected chi connectivity index (χ4v) is 1.70. The number of rotatable bonds is 5. The van der Waals surface area contributed by atoms with Gasteiger partial charge in [-0.25, -0.2) is 4.79 Å². The van der Waals surface area contributed by atoms with Gasteiger partial charge < -0.3 is 5.11 Å². The van der Waals surface area contributed by atoms with E-state index in [1.165, 1.54) is 0 Å². The van der Waals surface area contributed by atoms with Crippen LogP contribution < -0.4 is 0 Å². The van der Waals surface area contributed by atoms with E-state index < -0.39 is 5.97 Å². The molecular weight excluding hydrogens is 230 g/mol. The van der Waals surface area contributed by atoms with Crippen molar-refractivity contribution < 1.29 is 9.90 Å². The lowest BCUT2D eigenvalue weighted by atomic mass is 10.2. The van der Waals surface area contributed by atoms with Crippen molar-refractivity contribution in [1.29, 1.82) is 0 Å². The van der Waals surface area contributed by atoms with E-state index in [-0.39, 0.29) is 5.56 Å². The number of carboxylic acids is 1. The highest BCUT2D eigenvalue weighted by Gasteiger charge is 2.17. The molecule has 2 heterocycles. The molecule has 5 nitrogen and oxygen atoms in total. The zero-order chi connectivity index (χ0) is 13.0. The largest absolute Gasteiger partial charge is 0.478 e. The number of hydrogen-bond donors (Lipinski definition) is 1. The second-order valence-electron chi connectivity index (χ2n) is 4.03. The van der Waals surface area contributed by atoms with Crippen LogP contribution in [0.5, 0.6) is 0 Å². The van der Waals surface area contributed by atoms with Gasteiger partial charge in [-0.1, -0.05) is 19.4 Å². The summed E-state index contributed by atoms with van der Waals surface area (Å²) in [6.07, 6.45) is 5.22. The van der Waals surface area contributed by atoms with Crippen LogP contribution in [0.4, 0.5) is 0 Å². The molecule has 0 unspecified atom stereocenters. The van der Waals surface area contributed by atoms with E-state index in [0.29, 0.717) is 11.4 Å². The van der Waals surface area contributed by atoms with E-state index in [9.17, 15) is 9.90 Å². The number of carbonyl (C=O) groups is 1. The summed E-state index contributed by atoms with van der Waals surface area (Å²) in [7, 11) is 0. The normalized spacial score (nSPS) is 10.5. The highest BCUT2D eigenvalue weighted by molar-refractivity contribution is 5.94. The summed E-state index contributed by atoms with van der Waals surface area (Å²) >= 11 is 0. The van der Waals surface area contributed by atoms with E-state index in [1.807, 2.05) is 6.07 Å². The second kappa shape index (κ2) is 5.44. The molecule has 0 saturated carbocycles. The number of unbranched alkanes of at least 4 members (excludes halogenated alkanes) is 1. The maximum atomic E-state index is 11.2. The van der Waals surface area contributed by atoms with Crippen LogP contribution in [0.25, 0.3) is 11.4 Å². The summed E-state index contributed by atoms with van der Waals surface area (Å²) in [5.41, 5.74) is 1.22. The molecule has 0 aliphatic heterocycles. The minimum atomic E-state index is -0.974. The third-order valence-electron chi connectivity index (χ3n) is 2.64. The molecule has 0 atom stereocenters. The Hall–Kier alpha value is -2.17. The first-order valence-electron chi connectivity index (χ1n) is 5.94. The molecule has 2 aromatic heterocycles. The lowest BCUT2D eigenvalue weighted by Gasteiger charge is -1.98. The van der Waals surface area contributed by atoms with Gasteiger partial charge in [0.2, 0.25) is 0 Å². The molecule has 0 spiro atoms. The number of aryl methyl sites for hydroxylation is 1. The molecular formula is C13H15N3O2. The second-order valence-corrected chi connectivity index (χ2v) is 4.03. The van der Waals surface area contributed by atoms with Gasteiger partial charge in [-0.05, 0) is 18.6 Å². The van der Waals surface area contributed by atoms with Crippen molar-refractivity contribution in [2.24, 2.45) is 0 Å². The van der Waals surface area contributed by atoms with E-state index in [1.54, 1.807) is 29.2 Å². The molecule has 2 aromatic rings. The lowest BCUT2D eigenvalue weighted by molar-refractivity contribution is 0.0697. The van der Waals surface area contributed by atoms with Crippen molar-refractivity contribution in [2.75, 3.05) is 0 Å². The summed E-state index contributed by atoms with van der Waals surface area (Å²) in [6, 6.07) is 5.37. The topological polar surface area (TPSA) is 68.0 Å². The van der Waals surface area contributed by atoms with Crippen LogP contribution >= 0.6 is 0 Å². The molecule has 0 radical (unpaired) electrons. The SMILES string of the molecule is CCCCn1cc(C(=O)O)c(-c2ccccn2)n1. The lowest BCUT2D eigenvalue weighted by Crippen LogP contribution is -1.98. The molecule has 0 amide bonds. The quantitative estimate of drug-likeness (QED) is 0.878. The molecule has 0 aliphatic rings. The zero-order valence-corrected chi connectivity index (χ0v) is 10.2. The van der Waals surface area contributed by atoms with Gasteiger partial charge >= 0.3 is 5.97 Å². The highest BCUT2D eigenvalue weighted by Crippen LogP contribution is 2.19. The van der Waals surface area contributed by atoms with Gasteiger partial charge in [0.05, 0.1) is 5.69 Å². The zero-order valence-electron chi connectivity index (χ0n) is 10.2. The summed E-state index contributed by atoms with van der Waals surface area (Å²) in [6.45, 7) is 2.81. The van der Waals surface area contributed by atoms with Crippen LogP contribution in [0.3, 0.4) is 0 Å². The molecule has 0 bridgehead atoms. The van der Waals surface area contributed by atoms with Crippen LogP contribution in [0.15, 0.2) is 30.6 Å². The number of hydrogen-bond acceptors (Lipinski definition) is 3. The monoisotopic (exact) mass is 245 g/mol. The minimum Gasteiger partial charge on any atom is -0.478 e. The number of pyridine rings is 1. The van der Waals surface area contributed by atoms with Gasteiger partial charge in [-0.2, -0.15) is 5.10 Å². The van der Waals surface area contributed by atoms with Crippen molar-refractivity contribution in [1.82, 2.24) is 14.8 Å². The Morgan fingerprint density at radius 2 is 2.28 bits per heavy atom. The third-order valence-corrected chi connectivity index (χ3v) is 2.64. The van der Waals surface area contributed by atoms with Crippen molar-refractivity contribution >= 4 is 5.97 Å². The first kappa shape index (κ1) is 12.3. The summed E-state index contributed by atoms with van der Waals surface area (Å²) in [5.74, 6) is -0.974. The average Bonchev–Trinajstić information content (AvgIpc) is 2.82. The Kier molecular flexibility index (Phi) is 3.72. The molecule has 5 heteroatoms. The Morgan fingerprint density at radius 1 is 1.44 bits per heavy atom. The number of aromatic nitrogens is 3. The molecule has 0 fully saturated rings. The van der Waals surface area contributed by atoms with Crippen LogP contribution in [-0.4, -0.2) is 25.8 Å². The molecule has 0 saturated heterocycles. The van der Waals surface area contributed by atoms with Gasteiger partial charge in [0.15, 0.2) is 0 Å². The third kappa shape index (κ3) is 2.56. The minimum absolute atomic E-state index is 0.199. The van der Waals surface area contributed by atoms with Crippen LogP contribution in [0, 0.1) is 0 Å². The standard InChI is InChI=1S/C13H15N3O2/c1-2-3-8-16-9-10(13(17)18)12(15-16)11-6-4-5-7-14-11/h4-7,9H,2-3,8H2,1H3,(H,17,18). The van der Waals surface area contributed by atoms with Crippen LogP contribution in [-0.2, 0) is 6.54 Å². The van der Waals surface area contributed by atoms with E-state index in [2.05, 4.69) is 17.0 Å². The summed E-state index contributed by atoms with van der Waals surface area (Å²) in [5, 5.41) is 13.5. The summed E-state index contributed by atoms with van der Waals surface area (Å²) in [4.78, 5) is 15.3. The maximum Gasteiger partial charge on any atom is 0.339 e. The fraction of sp³-hybridized carbons (Fsp3) is 0.308. The molecule has 0 aromatic carbocycles. The van der Waals surface area contributed by atoms with E-state index >= 15 is 0 Å². The van der Waals surface area contributed by atoms with Crippen molar-refractivity contribution in [2.45, 2.75) is 26.3 Å². The number of nitrogens with zero attached hydrogens (tertiary/aromatic N) is 3. The number of aromatic carboxylic acids is 1. The predicted molar refractivity (Wildman–Crippen MR) is 67.3 cm³/mol. The highest BCUT2D eigenvalue weighted by atomic mass is 16.4. The molecule has 2 rings (SSSR count). The van der Waals surface area contributed by atoms with Gasteiger partial charge in [0.25, 0.3) is 0 Å². The van der Waals surface area contributed by atoms with Gasteiger partial charge in [-0.3, -0.25) is 9.67 Å². The molecule has 94 valence electrons. The predicted octanol–water partition coefficient (Wildman–Crippen LogP) is 2.44. The molecule has 1 N–H and O–H groups in total. The van der Waals surface area contributed by atoms with E-state index in [0.717, 1.165) is 19.4 Å². The van der Waals surface area contributed by atoms with Crippen molar-refractivity contribution in [3.05, 3.63) is 36.2 Å². The Labute approximate surface area is 105 Å². The molecule has 18 heavy (non-hydrogen) atoms. The van der Waals surface area contributed by atoms with Gasteiger partial charge in [0.1, 0.15) is 11.3 Å². The Balaban J connectivity index is 2.39. The maximum absolute atomic E-state index is 11.2.